The molecule has 1 atom stereocenters. The molecule has 1 aliphatic heterocycles. The summed E-state index contributed by atoms with van der Waals surface area (Å²) in [4.78, 5) is 26.6. The van der Waals surface area contributed by atoms with Gasteiger partial charge in [0.1, 0.15) is 5.78 Å². The Morgan fingerprint density at radius 2 is 1.94 bits per heavy atom. The van der Waals surface area contributed by atoms with Crippen molar-refractivity contribution in [3.8, 4) is 6.07 Å². The summed E-state index contributed by atoms with van der Waals surface area (Å²) in [6.45, 7) is 1.35. The van der Waals surface area contributed by atoms with Crippen LogP contribution in [0.25, 0.3) is 0 Å². The van der Waals surface area contributed by atoms with Crippen LogP contribution in [0.3, 0.4) is 0 Å². The summed E-state index contributed by atoms with van der Waals surface area (Å²) in [5.41, 5.74) is 6.73. The van der Waals surface area contributed by atoms with Crippen molar-refractivity contribution in [1.82, 2.24) is 14.7 Å². The molecular weight excluding hydrogens is 406 g/mol. The van der Waals surface area contributed by atoms with Gasteiger partial charge in [-0.05, 0) is 31.2 Å². The number of piperidine rings is 1. The maximum Gasteiger partial charge on any atom is 0.252 e. The van der Waals surface area contributed by atoms with Gasteiger partial charge in [-0.15, -0.1) is 0 Å². The molecule has 2 fully saturated rings. The van der Waals surface area contributed by atoms with Crippen LogP contribution in [0.2, 0.25) is 0 Å². The molecule has 0 spiro atoms. The van der Waals surface area contributed by atoms with Crippen LogP contribution in [0.1, 0.15) is 59.8 Å². The van der Waals surface area contributed by atoms with Crippen LogP contribution >= 0.6 is 0 Å². The van der Waals surface area contributed by atoms with Crippen molar-refractivity contribution in [1.29, 1.82) is 5.26 Å². The van der Waals surface area contributed by atoms with Gasteiger partial charge in [-0.25, -0.2) is 0 Å². The van der Waals surface area contributed by atoms with E-state index in [1.165, 1.54) is 0 Å². The number of ketones is 1. The van der Waals surface area contributed by atoms with Crippen molar-refractivity contribution in [2.24, 2.45) is 11.7 Å². The summed E-state index contributed by atoms with van der Waals surface area (Å²) in [7, 11) is 0. The number of hydrogen-bond acceptors (Lipinski definition) is 6. The van der Waals surface area contributed by atoms with Crippen LogP contribution in [0.4, 0.5) is 0 Å². The van der Waals surface area contributed by atoms with Crippen molar-refractivity contribution in [3.63, 3.8) is 0 Å². The van der Waals surface area contributed by atoms with Gasteiger partial charge in [-0.1, -0.05) is 30.3 Å². The fraction of sp³-hybridized carbons (Fsp3) is 0.500. The number of carbonyl (C=O) groups excluding carboxylic acids is 2. The predicted molar refractivity (Wildman–Crippen MR) is 117 cm³/mol. The van der Waals surface area contributed by atoms with E-state index in [0.717, 1.165) is 18.4 Å². The number of aliphatic hydroxyl groups is 1. The molecule has 2 aromatic rings. The first-order chi connectivity index (χ1) is 15.5. The van der Waals surface area contributed by atoms with E-state index in [4.69, 9.17) is 5.73 Å². The van der Waals surface area contributed by atoms with Gasteiger partial charge in [-0.3, -0.25) is 19.2 Å². The van der Waals surface area contributed by atoms with E-state index in [2.05, 4.69) is 16.1 Å². The lowest BCUT2D eigenvalue weighted by atomic mass is 9.84. The Bertz CT molecular complexity index is 1010. The molecule has 8 nitrogen and oxygen atoms in total. The van der Waals surface area contributed by atoms with Crippen molar-refractivity contribution in [2.75, 3.05) is 19.7 Å². The SMILES string of the molecule is N#CCC1(n2cc(C(N)=O)c(CC(=O)C3CC3)n2)CCN(C(CO)c2ccccc2)CC1. The molecule has 2 aliphatic rings. The van der Waals surface area contributed by atoms with E-state index >= 15 is 0 Å². The minimum absolute atomic E-state index is 0.0102. The molecule has 1 amide bonds. The van der Waals surface area contributed by atoms with Crippen LogP contribution in [0.15, 0.2) is 36.5 Å². The second-order valence-electron chi connectivity index (χ2n) is 8.92. The second kappa shape index (κ2) is 9.23. The third-order valence-electron chi connectivity index (χ3n) is 6.85. The molecule has 168 valence electrons. The van der Waals surface area contributed by atoms with Gasteiger partial charge in [0.2, 0.25) is 0 Å². The van der Waals surface area contributed by atoms with E-state index in [9.17, 15) is 20.0 Å². The third-order valence-corrected chi connectivity index (χ3v) is 6.85. The van der Waals surface area contributed by atoms with Gasteiger partial charge < -0.3 is 10.8 Å². The lowest BCUT2D eigenvalue weighted by Crippen LogP contribution is -2.48. The molecule has 4 rings (SSSR count). The lowest BCUT2D eigenvalue weighted by molar-refractivity contribution is -0.119. The number of likely N-dealkylation sites (tertiary alicyclic amines) is 1. The molecule has 2 heterocycles. The van der Waals surface area contributed by atoms with E-state index < -0.39 is 11.4 Å². The Hall–Kier alpha value is -3.02. The van der Waals surface area contributed by atoms with Crippen LogP contribution in [-0.4, -0.2) is 51.2 Å². The molecule has 0 radical (unpaired) electrons. The van der Waals surface area contributed by atoms with E-state index in [0.29, 0.717) is 31.6 Å². The smallest absolute Gasteiger partial charge is 0.252 e. The van der Waals surface area contributed by atoms with Crippen LogP contribution < -0.4 is 5.73 Å². The fourth-order valence-electron chi connectivity index (χ4n) is 4.70. The maximum absolute atomic E-state index is 12.3. The van der Waals surface area contributed by atoms with E-state index in [-0.39, 0.29) is 42.8 Å². The summed E-state index contributed by atoms with van der Waals surface area (Å²) < 4.78 is 1.71. The normalized spacial score (nSPS) is 19.2. The number of aromatic nitrogens is 2. The first-order valence-electron chi connectivity index (χ1n) is 11.2. The summed E-state index contributed by atoms with van der Waals surface area (Å²) in [5, 5.41) is 24.2. The molecule has 32 heavy (non-hydrogen) atoms. The number of aliphatic hydroxyl groups excluding tert-OH is 1. The number of Topliss-reactive ketones (excluding diaryl/α,β-unsaturated/α-hetero) is 1. The Balaban J connectivity index is 1.56. The number of rotatable bonds is 9. The zero-order chi connectivity index (χ0) is 22.7. The molecule has 1 aromatic heterocycles. The minimum Gasteiger partial charge on any atom is -0.394 e. The van der Waals surface area contributed by atoms with E-state index in [1.54, 1.807) is 10.9 Å². The fourth-order valence-corrected chi connectivity index (χ4v) is 4.70. The number of nitrogens with two attached hydrogens (primary N) is 1. The summed E-state index contributed by atoms with van der Waals surface area (Å²) in [6.07, 6.45) is 5.03. The largest absolute Gasteiger partial charge is 0.394 e. The summed E-state index contributed by atoms with van der Waals surface area (Å²) in [5.74, 6) is -0.440. The van der Waals surface area contributed by atoms with Gasteiger partial charge >= 0.3 is 0 Å². The van der Waals surface area contributed by atoms with Crippen LogP contribution in [0, 0.1) is 17.2 Å². The van der Waals surface area contributed by atoms with Gasteiger partial charge in [0.25, 0.3) is 5.91 Å². The highest BCUT2D eigenvalue weighted by atomic mass is 16.3. The average Bonchev–Trinajstić information content (AvgIpc) is 3.56. The standard InChI is InChI=1S/C24H29N5O3/c25-11-8-24(9-12-28(13-10-24)21(16-30)17-4-2-1-3-5-17)29-15-19(23(26)32)20(27-29)14-22(31)18-6-7-18/h1-5,15,18,21,30H,6-10,12-14,16H2,(H2,26,32). The first kappa shape index (κ1) is 22.2. The zero-order valence-corrected chi connectivity index (χ0v) is 18.1. The quantitative estimate of drug-likeness (QED) is 0.620. The average molecular weight is 436 g/mol. The Morgan fingerprint density at radius 3 is 2.50 bits per heavy atom. The molecule has 0 bridgehead atoms. The number of amides is 1. The topological polar surface area (TPSA) is 125 Å². The number of benzene rings is 1. The highest BCUT2D eigenvalue weighted by Crippen LogP contribution is 2.37. The molecule has 1 aliphatic carbocycles. The van der Waals surface area contributed by atoms with Gasteiger partial charge in [0.05, 0.1) is 48.4 Å². The zero-order valence-electron chi connectivity index (χ0n) is 18.1. The van der Waals surface area contributed by atoms with Gasteiger partial charge in [-0.2, -0.15) is 10.4 Å². The number of carbonyl (C=O) groups is 2. The first-order valence-corrected chi connectivity index (χ1v) is 11.2. The summed E-state index contributed by atoms with van der Waals surface area (Å²) in [6, 6.07) is 12.1. The van der Waals surface area contributed by atoms with Gasteiger partial charge in [0, 0.05) is 25.2 Å². The number of nitrogens with zero attached hydrogens (tertiary/aromatic N) is 4. The minimum atomic E-state index is -0.608. The maximum atomic E-state index is 12.3. The summed E-state index contributed by atoms with van der Waals surface area (Å²) >= 11 is 0. The highest BCUT2D eigenvalue weighted by molar-refractivity contribution is 5.95. The molecule has 1 saturated heterocycles. The second-order valence-corrected chi connectivity index (χ2v) is 8.92. The van der Waals surface area contributed by atoms with E-state index in [1.807, 2.05) is 30.3 Å². The monoisotopic (exact) mass is 435 g/mol. The Kier molecular flexibility index (Phi) is 6.40. The Morgan fingerprint density at radius 1 is 1.25 bits per heavy atom. The molecule has 1 saturated carbocycles. The lowest BCUT2D eigenvalue weighted by Gasteiger charge is -2.43. The number of hydrogen-bond donors (Lipinski definition) is 2. The highest BCUT2D eigenvalue weighted by Gasteiger charge is 2.40. The van der Waals surface area contributed by atoms with Gasteiger partial charge in [0.15, 0.2) is 0 Å². The van der Waals surface area contributed by atoms with Crippen LogP contribution in [0.5, 0.6) is 0 Å². The Labute approximate surface area is 187 Å². The number of primary amides is 1. The molecule has 1 aromatic carbocycles. The van der Waals surface area contributed by atoms with Crippen LogP contribution in [-0.2, 0) is 16.8 Å². The predicted octanol–water partition coefficient (Wildman–Crippen LogP) is 1.94. The van der Waals surface area contributed by atoms with Crippen molar-refractivity contribution in [3.05, 3.63) is 53.3 Å². The van der Waals surface area contributed by atoms with Crippen molar-refractivity contribution >= 4 is 11.7 Å². The molecule has 8 heteroatoms. The van der Waals surface area contributed by atoms with Crippen molar-refractivity contribution in [2.45, 2.75) is 50.1 Å². The number of nitriles is 1. The molecular formula is C24H29N5O3. The third kappa shape index (κ3) is 4.45. The molecule has 1 unspecified atom stereocenters. The van der Waals surface area contributed by atoms with Crippen molar-refractivity contribution < 1.29 is 14.7 Å². The molecule has 3 N–H and O–H groups in total.